The molecule has 2 aromatic carbocycles. The molecule has 0 aliphatic rings. The summed E-state index contributed by atoms with van der Waals surface area (Å²) in [5.74, 6) is 0. The van der Waals surface area contributed by atoms with Gasteiger partial charge in [0.15, 0.2) is 0 Å². The van der Waals surface area contributed by atoms with E-state index in [1.807, 2.05) is 12.1 Å². The fraction of sp³-hybridized carbons (Fsp3) is 0.222. The zero-order valence-corrected chi connectivity index (χ0v) is 14.8. The number of halogens is 2. The van der Waals surface area contributed by atoms with E-state index >= 15 is 0 Å². The smallest absolute Gasteiger partial charge is 0.0459 e. The van der Waals surface area contributed by atoms with Crippen molar-refractivity contribution in [3.63, 3.8) is 0 Å². The van der Waals surface area contributed by atoms with Crippen molar-refractivity contribution >= 4 is 38.4 Å². The number of aromatic amines is 1. The van der Waals surface area contributed by atoms with Crippen LogP contribution in [-0.2, 0) is 13.0 Å². The third-order valence-corrected chi connectivity index (χ3v) is 4.62. The van der Waals surface area contributed by atoms with E-state index in [1.165, 1.54) is 27.7 Å². The lowest BCUT2D eigenvalue weighted by Crippen LogP contribution is -2.16. The van der Waals surface area contributed by atoms with Crippen molar-refractivity contribution in [2.24, 2.45) is 0 Å². The number of aromatic nitrogens is 1. The Kier molecular flexibility index (Phi) is 4.87. The Labute approximate surface area is 144 Å². The molecule has 3 aromatic rings. The minimum absolute atomic E-state index is 0.781. The van der Waals surface area contributed by atoms with Crippen LogP contribution in [0.15, 0.2) is 46.9 Å². The van der Waals surface area contributed by atoms with Gasteiger partial charge in [0.1, 0.15) is 0 Å². The average molecular weight is 378 g/mol. The van der Waals surface area contributed by atoms with Crippen molar-refractivity contribution in [1.29, 1.82) is 0 Å². The Morgan fingerprint density at radius 2 is 1.91 bits per heavy atom. The first kappa shape index (κ1) is 15.6. The topological polar surface area (TPSA) is 27.8 Å². The molecular weight excluding hydrogens is 360 g/mol. The first-order valence-corrected chi connectivity index (χ1v) is 8.52. The molecule has 4 heteroatoms. The van der Waals surface area contributed by atoms with Crippen LogP contribution < -0.4 is 5.32 Å². The van der Waals surface area contributed by atoms with Crippen molar-refractivity contribution in [1.82, 2.24) is 10.3 Å². The van der Waals surface area contributed by atoms with E-state index in [2.05, 4.69) is 63.5 Å². The molecule has 2 N–H and O–H groups in total. The molecule has 114 valence electrons. The predicted octanol–water partition coefficient (Wildman–Crippen LogP) is 5.22. The number of H-pyrrole nitrogens is 1. The van der Waals surface area contributed by atoms with Gasteiger partial charge in [-0.1, -0.05) is 39.7 Å². The molecule has 22 heavy (non-hydrogen) atoms. The van der Waals surface area contributed by atoms with Crippen molar-refractivity contribution in [2.45, 2.75) is 19.9 Å². The molecule has 0 radical (unpaired) electrons. The molecule has 1 aromatic heterocycles. The van der Waals surface area contributed by atoms with Crippen molar-refractivity contribution in [3.8, 4) is 0 Å². The maximum atomic E-state index is 5.90. The largest absolute Gasteiger partial charge is 0.358 e. The van der Waals surface area contributed by atoms with Gasteiger partial charge in [-0.05, 0) is 61.3 Å². The Hall–Kier alpha value is -1.29. The maximum absolute atomic E-state index is 5.90. The van der Waals surface area contributed by atoms with Crippen LogP contribution in [0.1, 0.15) is 16.8 Å². The highest BCUT2D eigenvalue weighted by Crippen LogP contribution is 2.25. The van der Waals surface area contributed by atoms with E-state index in [0.717, 1.165) is 29.0 Å². The zero-order valence-electron chi connectivity index (χ0n) is 12.4. The SMILES string of the molecule is Cc1[nH]c2ccc(Br)cc2c1CCNCc1ccc(Cl)cc1. The number of benzene rings is 2. The highest BCUT2D eigenvalue weighted by molar-refractivity contribution is 9.10. The number of hydrogen-bond donors (Lipinski definition) is 2. The van der Waals surface area contributed by atoms with Crippen LogP contribution in [0.3, 0.4) is 0 Å². The van der Waals surface area contributed by atoms with E-state index in [0.29, 0.717) is 0 Å². The monoisotopic (exact) mass is 376 g/mol. The lowest BCUT2D eigenvalue weighted by molar-refractivity contribution is 0.687. The van der Waals surface area contributed by atoms with Crippen molar-refractivity contribution in [2.75, 3.05) is 6.54 Å². The first-order valence-electron chi connectivity index (χ1n) is 7.35. The van der Waals surface area contributed by atoms with Crippen LogP contribution in [0.25, 0.3) is 10.9 Å². The van der Waals surface area contributed by atoms with Gasteiger partial charge < -0.3 is 10.3 Å². The molecule has 0 bridgehead atoms. The fourth-order valence-electron chi connectivity index (χ4n) is 2.73. The van der Waals surface area contributed by atoms with Gasteiger partial charge in [-0.2, -0.15) is 0 Å². The molecule has 0 atom stereocenters. The van der Waals surface area contributed by atoms with Gasteiger partial charge in [0.05, 0.1) is 0 Å². The van der Waals surface area contributed by atoms with Gasteiger partial charge in [-0.3, -0.25) is 0 Å². The van der Waals surface area contributed by atoms with E-state index in [9.17, 15) is 0 Å². The van der Waals surface area contributed by atoms with Crippen LogP contribution in [0.2, 0.25) is 5.02 Å². The van der Waals surface area contributed by atoms with E-state index in [-0.39, 0.29) is 0 Å². The predicted molar refractivity (Wildman–Crippen MR) is 97.6 cm³/mol. The van der Waals surface area contributed by atoms with Crippen LogP contribution in [0, 0.1) is 6.92 Å². The summed E-state index contributed by atoms with van der Waals surface area (Å²) in [7, 11) is 0. The Morgan fingerprint density at radius 1 is 1.14 bits per heavy atom. The Bertz CT molecular complexity index is 778. The molecule has 0 aliphatic carbocycles. The second-order valence-corrected chi connectivity index (χ2v) is 6.82. The molecule has 3 rings (SSSR count). The molecule has 0 saturated carbocycles. The van der Waals surface area contributed by atoms with Crippen LogP contribution in [-0.4, -0.2) is 11.5 Å². The van der Waals surface area contributed by atoms with Gasteiger partial charge in [-0.15, -0.1) is 0 Å². The first-order chi connectivity index (χ1) is 10.6. The van der Waals surface area contributed by atoms with E-state index in [4.69, 9.17) is 11.6 Å². The van der Waals surface area contributed by atoms with Gasteiger partial charge >= 0.3 is 0 Å². The standard InChI is InChI=1S/C18H18BrClN2/c1-12-16(17-10-14(19)4-7-18(17)22-12)8-9-21-11-13-2-5-15(20)6-3-13/h2-7,10,21-22H,8-9,11H2,1H3. The summed E-state index contributed by atoms with van der Waals surface area (Å²) in [5, 5.41) is 5.58. The number of rotatable bonds is 5. The van der Waals surface area contributed by atoms with Gasteiger partial charge in [0.25, 0.3) is 0 Å². The normalized spacial score (nSPS) is 11.2. The summed E-state index contributed by atoms with van der Waals surface area (Å²) in [5.41, 5.74) is 5.09. The Balaban J connectivity index is 1.63. The van der Waals surface area contributed by atoms with Gasteiger partial charge in [0, 0.05) is 32.6 Å². The number of aryl methyl sites for hydroxylation is 1. The second kappa shape index (κ2) is 6.86. The average Bonchev–Trinajstić information content (AvgIpc) is 2.81. The summed E-state index contributed by atoms with van der Waals surface area (Å²) < 4.78 is 1.12. The second-order valence-electron chi connectivity index (χ2n) is 5.47. The van der Waals surface area contributed by atoms with Crippen molar-refractivity contribution < 1.29 is 0 Å². The summed E-state index contributed by atoms with van der Waals surface area (Å²) in [6, 6.07) is 14.4. The summed E-state index contributed by atoms with van der Waals surface area (Å²) in [6.45, 7) is 3.95. The minimum atomic E-state index is 0.781. The number of hydrogen-bond acceptors (Lipinski definition) is 1. The lowest BCUT2D eigenvalue weighted by atomic mass is 10.1. The quantitative estimate of drug-likeness (QED) is 0.586. The third-order valence-electron chi connectivity index (χ3n) is 3.88. The lowest BCUT2D eigenvalue weighted by Gasteiger charge is -2.06. The highest BCUT2D eigenvalue weighted by atomic mass is 79.9. The van der Waals surface area contributed by atoms with Crippen LogP contribution >= 0.6 is 27.5 Å². The van der Waals surface area contributed by atoms with Crippen molar-refractivity contribution in [3.05, 3.63) is 68.8 Å². The fourth-order valence-corrected chi connectivity index (χ4v) is 3.21. The number of nitrogens with one attached hydrogen (secondary N) is 2. The number of fused-ring (bicyclic) bond motifs is 1. The molecule has 0 amide bonds. The third kappa shape index (κ3) is 3.54. The van der Waals surface area contributed by atoms with E-state index < -0.39 is 0 Å². The molecule has 2 nitrogen and oxygen atoms in total. The Morgan fingerprint density at radius 3 is 2.68 bits per heavy atom. The molecule has 0 spiro atoms. The molecular formula is C18H18BrClN2. The van der Waals surface area contributed by atoms with Gasteiger partial charge in [0.2, 0.25) is 0 Å². The minimum Gasteiger partial charge on any atom is -0.358 e. The summed E-state index contributed by atoms with van der Waals surface area (Å²) in [6.07, 6.45) is 1.01. The molecule has 1 heterocycles. The maximum Gasteiger partial charge on any atom is 0.0459 e. The van der Waals surface area contributed by atoms with Gasteiger partial charge in [-0.25, -0.2) is 0 Å². The molecule has 0 saturated heterocycles. The molecule has 0 unspecified atom stereocenters. The summed E-state index contributed by atoms with van der Waals surface area (Å²) in [4.78, 5) is 3.46. The molecule has 0 fully saturated rings. The molecule has 0 aliphatic heterocycles. The van der Waals surface area contributed by atoms with Crippen LogP contribution in [0.4, 0.5) is 0 Å². The highest BCUT2D eigenvalue weighted by Gasteiger charge is 2.08. The summed E-state index contributed by atoms with van der Waals surface area (Å²) >= 11 is 9.45. The van der Waals surface area contributed by atoms with Crippen LogP contribution in [0.5, 0.6) is 0 Å². The zero-order chi connectivity index (χ0) is 15.5. The van der Waals surface area contributed by atoms with E-state index in [1.54, 1.807) is 0 Å².